The van der Waals surface area contributed by atoms with E-state index >= 15 is 0 Å². The van der Waals surface area contributed by atoms with Crippen LogP contribution in [-0.4, -0.2) is 24.2 Å². The molecule has 1 aromatic carbocycles. The van der Waals surface area contributed by atoms with Crippen LogP contribution in [0.5, 0.6) is 11.5 Å². The third kappa shape index (κ3) is 3.35. The number of rotatable bonds is 4. The number of hydrogen-bond donors (Lipinski definition) is 3. The molecule has 0 aliphatic rings. The molecule has 94 valence electrons. The highest BCUT2D eigenvalue weighted by Crippen LogP contribution is 2.28. The second-order valence-electron chi connectivity index (χ2n) is 4.02. The molecule has 0 saturated heterocycles. The minimum Gasteiger partial charge on any atom is -0.504 e. The number of hydrogen-bond acceptors (Lipinski definition) is 4. The lowest BCUT2D eigenvalue weighted by Gasteiger charge is -2.15. The van der Waals surface area contributed by atoms with Crippen molar-refractivity contribution in [2.75, 3.05) is 12.4 Å². The van der Waals surface area contributed by atoms with Crippen molar-refractivity contribution in [3.63, 3.8) is 0 Å². The van der Waals surface area contributed by atoms with Crippen LogP contribution in [0.1, 0.15) is 13.8 Å². The van der Waals surface area contributed by atoms with Crippen LogP contribution in [0.2, 0.25) is 0 Å². The Balaban J connectivity index is 2.76. The van der Waals surface area contributed by atoms with Gasteiger partial charge >= 0.3 is 0 Å². The largest absolute Gasteiger partial charge is 0.504 e. The first-order valence-electron chi connectivity index (χ1n) is 5.39. The molecule has 0 radical (unpaired) electrons. The molecule has 2 atom stereocenters. The van der Waals surface area contributed by atoms with E-state index in [0.29, 0.717) is 11.4 Å². The van der Waals surface area contributed by atoms with E-state index in [1.807, 2.05) is 0 Å². The van der Waals surface area contributed by atoms with E-state index in [1.54, 1.807) is 26.0 Å². The van der Waals surface area contributed by atoms with Gasteiger partial charge in [0.2, 0.25) is 5.91 Å². The molecule has 2 unspecified atom stereocenters. The molecular weight excluding hydrogens is 220 g/mol. The van der Waals surface area contributed by atoms with Gasteiger partial charge in [-0.25, -0.2) is 0 Å². The highest BCUT2D eigenvalue weighted by atomic mass is 16.5. The van der Waals surface area contributed by atoms with Crippen molar-refractivity contribution in [1.29, 1.82) is 0 Å². The van der Waals surface area contributed by atoms with Gasteiger partial charge in [-0.2, -0.15) is 0 Å². The topological polar surface area (TPSA) is 84.6 Å². The van der Waals surface area contributed by atoms with E-state index in [9.17, 15) is 9.90 Å². The highest BCUT2D eigenvalue weighted by molar-refractivity contribution is 5.93. The Bertz CT molecular complexity index is 405. The van der Waals surface area contributed by atoms with E-state index in [0.717, 1.165) is 0 Å². The predicted octanol–water partition coefficient (Wildman–Crippen LogP) is 1.32. The zero-order valence-electron chi connectivity index (χ0n) is 10.2. The third-order valence-electron chi connectivity index (χ3n) is 2.65. The summed E-state index contributed by atoms with van der Waals surface area (Å²) in [5, 5.41) is 12.2. The van der Waals surface area contributed by atoms with Crippen molar-refractivity contribution >= 4 is 11.6 Å². The first-order chi connectivity index (χ1) is 7.95. The number of carbonyl (C=O) groups is 1. The van der Waals surface area contributed by atoms with Gasteiger partial charge in [0, 0.05) is 17.8 Å². The van der Waals surface area contributed by atoms with Crippen LogP contribution in [0.25, 0.3) is 0 Å². The lowest BCUT2D eigenvalue weighted by Crippen LogP contribution is -2.34. The number of phenolic OH excluding ortho intramolecular Hbond substituents is 1. The molecule has 0 bridgehead atoms. The minimum atomic E-state index is -0.292. The van der Waals surface area contributed by atoms with Crippen molar-refractivity contribution in [3.8, 4) is 11.5 Å². The normalized spacial score (nSPS) is 13.9. The number of carbonyl (C=O) groups excluding carboxylic acids is 1. The lowest BCUT2D eigenvalue weighted by molar-refractivity contribution is -0.119. The summed E-state index contributed by atoms with van der Waals surface area (Å²) in [6.45, 7) is 3.53. The van der Waals surface area contributed by atoms with Gasteiger partial charge in [0.05, 0.1) is 13.0 Å². The summed E-state index contributed by atoms with van der Waals surface area (Å²) in [5.41, 5.74) is 6.15. The molecule has 0 aromatic heterocycles. The molecule has 5 nitrogen and oxygen atoms in total. The van der Waals surface area contributed by atoms with Gasteiger partial charge in [-0.3, -0.25) is 4.79 Å². The molecule has 0 saturated carbocycles. The predicted molar refractivity (Wildman–Crippen MR) is 66.1 cm³/mol. The molecule has 1 rings (SSSR count). The quantitative estimate of drug-likeness (QED) is 0.738. The number of phenols is 1. The number of methoxy groups -OCH3 is 1. The fraction of sp³-hybridized carbons (Fsp3) is 0.417. The molecule has 5 heteroatoms. The van der Waals surface area contributed by atoms with Crippen LogP contribution < -0.4 is 15.8 Å². The summed E-state index contributed by atoms with van der Waals surface area (Å²) in [7, 11) is 1.46. The number of nitrogens with two attached hydrogens (primary N) is 1. The zero-order valence-corrected chi connectivity index (χ0v) is 10.2. The van der Waals surface area contributed by atoms with Crippen molar-refractivity contribution in [2.45, 2.75) is 19.9 Å². The summed E-state index contributed by atoms with van der Waals surface area (Å²) < 4.78 is 4.91. The van der Waals surface area contributed by atoms with Crippen molar-refractivity contribution < 1.29 is 14.6 Å². The second-order valence-corrected chi connectivity index (χ2v) is 4.02. The van der Waals surface area contributed by atoms with Crippen LogP contribution >= 0.6 is 0 Å². The fourth-order valence-corrected chi connectivity index (χ4v) is 1.26. The Morgan fingerprint density at radius 3 is 2.59 bits per heavy atom. The number of nitrogens with one attached hydrogen (secondary N) is 1. The number of amides is 1. The fourth-order valence-electron chi connectivity index (χ4n) is 1.26. The highest BCUT2D eigenvalue weighted by Gasteiger charge is 2.17. The van der Waals surface area contributed by atoms with E-state index < -0.39 is 0 Å². The van der Waals surface area contributed by atoms with Crippen LogP contribution in [0.4, 0.5) is 5.69 Å². The Morgan fingerprint density at radius 2 is 2.12 bits per heavy atom. The molecular formula is C12H18N2O3. The molecule has 0 aliphatic heterocycles. The lowest BCUT2D eigenvalue weighted by atomic mass is 10.0. The Kier molecular flexibility index (Phi) is 4.34. The number of ether oxygens (including phenoxy) is 1. The van der Waals surface area contributed by atoms with Gasteiger partial charge in [-0.15, -0.1) is 0 Å². The van der Waals surface area contributed by atoms with Crippen LogP contribution in [-0.2, 0) is 4.79 Å². The Morgan fingerprint density at radius 1 is 1.47 bits per heavy atom. The van der Waals surface area contributed by atoms with Gasteiger partial charge < -0.3 is 20.9 Å². The Hall–Kier alpha value is -1.75. The summed E-state index contributed by atoms with van der Waals surface area (Å²) >= 11 is 0. The summed E-state index contributed by atoms with van der Waals surface area (Å²) in [6.07, 6.45) is 0. The minimum absolute atomic E-state index is 0.0150. The molecule has 17 heavy (non-hydrogen) atoms. The molecule has 0 spiro atoms. The first-order valence-corrected chi connectivity index (χ1v) is 5.39. The molecule has 0 aliphatic carbocycles. The van der Waals surface area contributed by atoms with Gasteiger partial charge in [0.1, 0.15) is 0 Å². The number of benzene rings is 1. The van der Waals surface area contributed by atoms with Gasteiger partial charge in [-0.1, -0.05) is 6.92 Å². The van der Waals surface area contributed by atoms with E-state index in [4.69, 9.17) is 10.5 Å². The van der Waals surface area contributed by atoms with E-state index in [1.165, 1.54) is 13.2 Å². The Labute approximate surface area is 101 Å². The molecule has 1 aromatic rings. The first kappa shape index (κ1) is 13.3. The SMILES string of the molecule is COc1ccc(NC(=O)C(C)C(C)N)cc1O. The molecule has 4 N–H and O–H groups in total. The average molecular weight is 238 g/mol. The van der Waals surface area contributed by atoms with Crippen LogP contribution in [0.3, 0.4) is 0 Å². The van der Waals surface area contributed by atoms with Crippen LogP contribution in [0, 0.1) is 5.92 Å². The van der Waals surface area contributed by atoms with Gasteiger partial charge in [0.25, 0.3) is 0 Å². The second kappa shape index (κ2) is 5.54. The van der Waals surface area contributed by atoms with Crippen molar-refractivity contribution in [2.24, 2.45) is 11.7 Å². The standard InChI is InChI=1S/C12H18N2O3/c1-7(8(2)13)12(16)14-9-4-5-11(17-3)10(15)6-9/h4-8,15H,13H2,1-3H3,(H,14,16). The maximum Gasteiger partial charge on any atom is 0.228 e. The van der Waals surface area contributed by atoms with E-state index in [-0.39, 0.29) is 23.6 Å². The maximum absolute atomic E-state index is 11.7. The van der Waals surface area contributed by atoms with Gasteiger partial charge in [0.15, 0.2) is 11.5 Å². The third-order valence-corrected chi connectivity index (χ3v) is 2.65. The smallest absolute Gasteiger partial charge is 0.228 e. The zero-order chi connectivity index (χ0) is 13.0. The summed E-state index contributed by atoms with van der Waals surface area (Å²) in [4.78, 5) is 11.7. The summed E-state index contributed by atoms with van der Waals surface area (Å²) in [5.74, 6) is -0.120. The number of anilines is 1. The van der Waals surface area contributed by atoms with Crippen molar-refractivity contribution in [3.05, 3.63) is 18.2 Å². The molecule has 1 amide bonds. The average Bonchev–Trinajstić information content (AvgIpc) is 2.28. The monoisotopic (exact) mass is 238 g/mol. The number of aromatic hydroxyl groups is 1. The molecule has 0 fully saturated rings. The van der Waals surface area contributed by atoms with Gasteiger partial charge in [-0.05, 0) is 19.1 Å². The summed E-state index contributed by atoms with van der Waals surface area (Å²) in [6, 6.07) is 4.46. The van der Waals surface area contributed by atoms with E-state index in [2.05, 4.69) is 5.32 Å². The van der Waals surface area contributed by atoms with Crippen LogP contribution in [0.15, 0.2) is 18.2 Å². The maximum atomic E-state index is 11.7. The van der Waals surface area contributed by atoms with Crippen molar-refractivity contribution in [1.82, 2.24) is 0 Å². The molecule has 0 heterocycles.